The number of carbonyl (C=O) groups excluding carboxylic acids is 1. The van der Waals surface area contributed by atoms with Gasteiger partial charge in [-0.25, -0.2) is 0 Å². The first-order valence-corrected chi connectivity index (χ1v) is 6.65. The van der Waals surface area contributed by atoms with Crippen LogP contribution in [-0.2, 0) is 19.1 Å². The molecule has 0 fully saturated rings. The van der Waals surface area contributed by atoms with Gasteiger partial charge in [-0.2, -0.15) is 18.3 Å². The summed E-state index contributed by atoms with van der Waals surface area (Å²) < 4.78 is 39.1. The lowest BCUT2D eigenvalue weighted by Gasteiger charge is -2.07. The van der Waals surface area contributed by atoms with E-state index in [0.29, 0.717) is 18.7 Å². The largest absolute Gasteiger partial charge is 0.416 e. The van der Waals surface area contributed by atoms with Crippen molar-refractivity contribution in [3.8, 4) is 0 Å². The van der Waals surface area contributed by atoms with Gasteiger partial charge in [0.2, 0.25) is 5.78 Å². The van der Waals surface area contributed by atoms with Crippen LogP contribution in [0, 0.1) is 0 Å². The Balaban J connectivity index is 2.34. The quantitative estimate of drug-likeness (QED) is 0.806. The Morgan fingerprint density at radius 2 is 1.81 bits per heavy atom. The second kappa shape index (κ2) is 5.71. The van der Waals surface area contributed by atoms with Crippen molar-refractivity contribution < 1.29 is 18.0 Å². The third-order valence-corrected chi connectivity index (χ3v) is 3.20. The van der Waals surface area contributed by atoms with Crippen molar-refractivity contribution in [1.29, 1.82) is 0 Å². The van der Waals surface area contributed by atoms with Crippen molar-refractivity contribution >= 4 is 5.78 Å². The summed E-state index contributed by atoms with van der Waals surface area (Å²) in [5.74, 6) is -0.322. The first kappa shape index (κ1) is 15.3. The predicted molar refractivity (Wildman–Crippen MR) is 72.2 cm³/mol. The molecule has 2 rings (SSSR count). The van der Waals surface area contributed by atoms with E-state index in [4.69, 9.17) is 0 Å². The summed E-state index contributed by atoms with van der Waals surface area (Å²) in [6, 6.07) is 5.91. The molecule has 21 heavy (non-hydrogen) atoms. The molecule has 0 bridgehead atoms. The number of nitrogens with zero attached hydrogens (tertiary/aromatic N) is 2. The van der Waals surface area contributed by atoms with Crippen molar-refractivity contribution in [2.75, 3.05) is 0 Å². The molecule has 0 aliphatic rings. The lowest BCUT2D eigenvalue weighted by Crippen LogP contribution is -2.11. The number of aromatic nitrogens is 2. The van der Waals surface area contributed by atoms with E-state index >= 15 is 0 Å². The topological polar surface area (TPSA) is 34.9 Å². The Bertz CT molecular complexity index is 642. The molecule has 1 aromatic heterocycles. The average molecular weight is 296 g/mol. The monoisotopic (exact) mass is 296 g/mol. The van der Waals surface area contributed by atoms with Crippen LogP contribution in [0.2, 0.25) is 0 Å². The highest BCUT2D eigenvalue weighted by molar-refractivity contribution is 6.08. The third-order valence-electron chi connectivity index (χ3n) is 3.20. The maximum absolute atomic E-state index is 12.5. The minimum absolute atomic E-state index is 0.222. The average Bonchev–Trinajstić information content (AvgIpc) is 2.89. The van der Waals surface area contributed by atoms with Gasteiger partial charge in [-0.15, -0.1) is 0 Å². The van der Waals surface area contributed by atoms with Crippen LogP contribution in [0.15, 0.2) is 30.3 Å². The minimum atomic E-state index is -4.40. The zero-order chi connectivity index (χ0) is 15.6. The first-order chi connectivity index (χ1) is 9.86. The van der Waals surface area contributed by atoms with E-state index in [1.54, 1.807) is 10.7 Å². The molecule has 0 N–H and O–H groups in total. The summed E-state index contributed by atoms with van der Waals surface area (Å²) in [4.78, 5) is 12.4. The third kappa shape index (κ3) is 3.15. The van der Waals surface area contributed by atoms with E-state index in [9.17, 15) is 18.0 Å². The van der Waals surface area contributed by atoms with Crippen molar-refractivity contribution in [2.45, 2.75) is 33.0 Å². The van der Waals surface area contributed by atoms with Gasteiger partial charge >= 0.3 is 6.18 Å². The molecule has 0 spiro atoms. The molecule has 0 saturated carbocycles. The molecule has 3 nitrogen and oxygen atoms in total. The highest BCUT2D eigenvalue weighted by Crippen LogP contribution is 2.29. The maximum Gasteiger partial charge on any atom is 0.416 e. The zero-order valence-corrected chi connectivity index (χ0v) is 11.7. The Hall–Kier alpha value is -2.11. The van der Waals surface area contributed by atoms with Crippen LogP contribution in [0.1, 0.15) is 41.2 Å². The summed E-state index contributed by atoms with van der Waals surface area (Å²) in [5, 5.41) is 4.27. The van der Waals surface area contributed by atoms with Crippen LogP contribution in [0.25, 0.3) is 0 Å². The second-order valence-corrected chi connectivity index (χ2v) is 4.59. The summed E-state index contributed by atoms with van der Waals surface area (Å²) in [6.07, 6.45) is -3.71. The van der Waals surface area contributed by atoms with Crippen LogP contribution < -0.4 is 0 Å². The number of carbonyl (C=O) groups is 1. The molecule has 2 aromatic rings. The Labute approximate surface area is 120 Å². The van der Waals surface area contributed by atoms with Gasteiger partial charge in [0.1, 0.15) is 5.69 Å². The molecule has 0 saturated heterocycles. The van der Waals surface area contributed by atoms with Crippen molar-refractivity contribution in [2.24, 2.45) is 0 Å². The van der Waals surface area contributed by atoms with Crippen LogP contribution in [0.3, 0.4) is 0 Å². The van der Waals surface area contributed by atoms with Gasteiger partial charge in [0.25, 0.3) is 0 Å². The fourth-order valence-electron chi connectivity index (χ4n) is 2.03. The predicted octanol–water partition coefficient (Wildman–Crippen LogP) is 3.72. The van der Waals surface area contributed by atoms with E-state index in [2.05, 4.69) is 5.10 Å². The van der Waals surface area contributed by atoms with Crippen LogP contribution in [0.4, 0.5) is 13.2 Å². The SMILES string of the molecule is CCc1cc(C(=O)c2ccc(C(F)(F)F)cc2)n(CC)n1. The highest BCUT2D eigenvalue weighted by Gasteiger charge is 2.30. The molecule has 1 heterocycles. The number of alkyl halides is 3. The number of hydrogen-bond acceptors (Lipinski definition) is 2. The van der Waals surface area contributed by atoms with E-state index < -0.39 is 11.7 Å². The maximum atomic E-state index is 12.5. The number of rotatable bonds is 4. The minimum Gasteiger partial charge on any atom is -0.287 e. The van der Waals surface area contributed by atoms with E-state index in [1.165, 1.54) is 12.1 Å². The van der Waals surface area contributed by atoms with Crippen LogP contribution in [0.5, 0.6) is 0 Å². The fraction of sp³-hybridized carbons (Fsp3) is 0.333. The number of hydrogen-bond donors (Lipinski definition) is 0. The van der Waals surface area contributed by atoms with Gasteiger partial charge < -0.3 is 0 Å². The lowest BCUT2D eigenvalue weighted by molar-refractivity contribution is -0.137. The summed E-state index contributed by atoms with van der Waals surface area (Å²) in [6.45, 7) is 4.31. The van der Waals surface area contributed by atoms with Gasteiger partial charge in [0.05, 0.1) is 11.3 Å². The highest BCUT2D eigenvalue weighted by atomic mass is 19.4. The van der Waals surface area contributed by atoms with Gasteiger partial charge in [-0.05, 0) is 31.5 Å². The van der Waals surface area contributed by atoms with Gasteiger partial charge in [0.15, 0.2) is 0 Å². The fourth-order valence-corrected chi connectivity index (χ4v) is 2.03. The van der Waals surface area contributed by atoms with Gasteiger partial charge in [0, 0.05) is 12.1 Å². The Morgan fingerprint density at radius 1 is 1.19 bits per heavy atom. The lowest BCUT2D eigenvalue weighted by atomic mass is 10.1. The van der Waals surface area contributed by atoms with Crippen LogP contribution in [-0.4, -0.2) is 15.6 Å². The molecule has 0 atom stereocenters. The number of benzene rings is 1. The molecule has 112 valence electrons. The van der Waals surface area contributed by atoms with Crippen molar-refractivity contribution in [3.05, 3.63) is 52.8 Å². The normalized spacial score (nSPS) is 11.7. The molecular formula is C15H15F3N2O. The number of aryl methyl sites for hydroxylation is 2. The molecule has 0 aliphatic heterocycles. The number of ketones is 1. The van der Waals surface area contributed by atoms with E-state index in [1.807, 2.05) is 13.8 Å². The van der Waals surface area contributed by atoms with E-state index in [-0.39, 0.29) is 11.3 Å². The van der Waals surface area contributed by atoms with E-state index in [0.717, 1.165) is 17.8 Å². The molecular weight excluding hydrogens is 281 g/mol. The molecule has 0 radical (unpaired) electrons. The molecule has 0 unspecified atom stereocenters. The zero-order valence-electron chi connectivity index (χ0n) is 11.7. The van der Waals surface area contributed by atoms with Crippen molar-refractivity contribution in [3.63, 3.8) is 0 Å². The smallest absolute Gasteiger partial charge is 0.287 e. The Morgan fingerprint density at radius 3 is 2.29 bits per heavy atom. The summed E-state index contributed by atoms with van der Waals surface area (Å²) >= 11 is 0. The van der Waals surface area contributed by atoms with Crippen molar-refractivity contribution in [1.82, 2.24) is 9.78 Å². The van der Waals surface area contributed by atoms with Gasteiger partial charge in [-0.3, -0.25) is 9.48 Å². The number of halogens is 3. The molecule has 6 heteroatoms. The molecule has 0 amide bonds. The van der Waals surface area contributed by atoms with Gasteiger partial charge in [-0.1, -0.05) is 19.1 Å². The molecule has 0 aliphatic carbocycles. The summed E-state index contributed by atoms with van der Waals surface area (Å²) in [7, 11) is 0. The summed E-state index contributed by atoms with van der Waals surface area (Å²) in [5.41, 5.74) is 0.638. The Kier molecular flexibility index (Phi) is 4.16. The molecule has 1 aromatic carbocycles. The second-order valence-electron chi connectivity index (χ2n) is 4.59. The van der Waals surface area contributed by atoms with Crippen LogP contribution >= 0.6 is 0 Å². The standard InChI is InChI=1S/C15H15F3N2O/c1-3-12-9-13(20(4-2)19-12)14(21)10-5-7-11(8-6-10)15(16,17)18/h5-9H,3-4H2,1-2H3. The first-order valence-electron chi connectivity index (χ1n) is 6.65.